The number of anilines is 1. The summed E-state index contributed by atoms with van der Waals surface area (Å²) in [6.45, 7) is 4.89. The Labute approximate surface area is 150 Å². The summed E-state index contributed by atoms with van der Waals surface area (Å²) in [6.07, 6.45) is -5.35. The Hall–Kier alpha value is -2.50. The van der Waals surface area contributed by atoms with Gasteiger partial charge in [-0.1, -0.05) is 57.2 Å². The number of alkyl halides is 3. The first-order valence-electron chi connectivity index (χ1n) is 8.40. The van der Waals surface area contributed by atoms with Crippen LogP contribution in [0.25, 0.3) is 0 Å². The molecular formula is C20H21F3N2O. The fourth-order valence-electron chi connectivity index (χ4n) is 3.08. The Kier molecular flexibility index (Phi) is 4.46. The highest BCUT2D eigenvalue weighted by atomic mass is 19.4. The number of para-hydroxylation sites is 1. The number of benzene rings is 2. The van der Waals surface area contributed by atoms with Gasteiger partial charge in [0.15, 0.2) is 0 Å². The van der Waals surface area contributed by atoms with Gasteiger partial charge < -0.3 is 10.2 Å². The molecule has 1 amide bonds. The zero-order valence-corrected chi connectivity index (χ0v) is 14.9. The highest BCUT2D eigenvalue weighted by Crippen LogP contribution is 2.35. The van der Waals surface area contributed by atoms with Crippen LogP contribution in [0.5, 0.6) is 0 Å². The van der Waals surface area contributed by atoms with E-state index in [2.05, 4.69) is 26.1 Å². The van der Waals surface area contributed by atoms with E-state index in [9.17, 15) is 18.0 Å². The second kappa shape index (κ2) is 6.34. The van der Waals surface area contributed by atoms with Gasteiger partial charge in [-0.05, 0) is 28.7 Å². The molecule has 1 N–H and O–H groups in total. The van der Waals surface area contributed by atoms with Crippen molar-refractivity contribution in [3.8, 4) is 0 Å². The number of amides is 1. The van der Waals surface area contributed by atoms with E-state index in [1.165, 1.54) is 6.07 Å². The van der Waals surface area contributed by atoms with Crippen molar-refractivity contribution in [3.63, 3.8) is 0 Å². The summed E-state index contributed by atoms with van der Waals surface area (Å²) in [6, 6.07) is 14.0. The highest BCUT2D eigenvalue weighted by molar-refractivity contribution is 6.01. The molecule has 0 aliphatic carbocycles. The quantitative estimate of drug-likeness (QED) is 0.805. The third-order valence-electron chi connectivity index (χ3n) is 4.46. The number of carbonyl (C=O) groups is 1. The molecule has 0 aromatic heterocycles. The van der Waals surface area contributed by atoms with Crippen molar-refractivity contribution in [1.29, 1.82) is 0 Å². The van der Waals surface area contributed by atoms with Crippen molar-refractivity contribution in [2.75, 3.05) is 11.9 Å². The zero-order valence-electron chi connectivity index (χ0n) is 14.9. The van der Waals surface area contributed by atoms with Crippen LogP contribution in [0.1, 0.15) is 48.4 Å². The molecule has 6 heteroatoms. The first-order chi connectivity index (χ1) is 12.1. The number of carbonyl (C=O) groups excluding carboxylic acids is 1. The third kappa shape index (κ3) is 3.69. The van der Waals surface area contributed by atoms with E-state index in [0.717, 1.165) is 10.5 Å². The molecule has 0 saturated carbocycles. The Morgan fingerprint density at radius 3 is 2.19 bits per heavy atom. The predicted molar refractivity (Wildman–Crippen MR) is 95.0 cm³/mol. The Morgan fingerprint density at radius 1 is 1.00 bits per heavy atom. The molecule has 3 nitrogen and oxygen atoms in total. The van der Waals surface area contributed by atoms with Crippen molar-refractivity contribution in [2.24, 2.45) is 0 Å². The van der Waals surface area contributed by atoms with Crippen molar-refractivity contribution in [2.45, 2.75) is 38.5 Å². The normalized spacial score (nSPS) is 17.7. The van der Waals surface area contributed by atoms with E-state index in [1.807, 2.05) is 12.1 Å². The minimum atomic E-state index is -4.48. The monoisotopic (exact) mass is 362 g/mol. The smallest absolute Gasteiger partial charge is 0.361 e. The van der Waals surface area contributed by atoms with Crippen molar-refractivity contribution in [3.05, 3.63) is 65.2 Å². The molecule has 0 fully saturated rings. The number of hydrogen-bond donors (Lipinski definition) is 1. The average Bonchev–Trinajstić information content (AvgIpc) is 2.56. The Morgan fingerprint density at radius 2 is 1.62 bits per heavy atom. The Balaban J connectivity index is 2.01. The molecule has 2 aromatic rings. The lowest BCUT2D eigenvalue weighted by Crippen LogP contribution is -2.47. The molecule has 1 aliphatic rings. The number of rotatable bonds is 2. The minimum absolute atomic E-state index is 0.0629. The van der Waals surface area contributed by atoms with Crippen LogP contribution in [0, 0.1) is 0 Å². The van der Waals surface area contributed by atoms with Crippen LogP contribution >= 0.6 is 0 Å². The summed E-state index contributed by atoms with van der Waals surface area (Å²) in [4.78, 5) is 13.5. The van der Waals surface area contributed by atoms with E-state index < -0.39 is 24.8 Å². The Bertz CT molecular complexity index is 807. The topological polar surface area (TPSA) is 32.3 Å². The van der Waals surface area contributed by atoms with Crippen LogP contribution in [0.3, 0.4) is 0 Å². The van der Waals surface area contributed by atoms with E-state index in [0.29, 0.717) is 11.3 Å². The molecule has 0 bridgehead atoms. The molecule has 3 rings (SSSR count). The van der Waals surface area contributed by atoms with Gasteiger partial charge in [0.05, 0.1) is 5.56 Å². The van der Waals surface area contributed by atoms with E-state index in [-0.39, 0.29) is 11.0 Å². The molecular weight excluding hydrogens is 341 g/mol. The SMILES string of the molecule is CC(C)(C)c1ccc([C@@H]2Nc3ccccc3C(=O)N2CC(F)(F)F)cc1. The van der Waals surface area contributed by atoms with Gasteiger partial charge in [-0.3, -0.25) is 4.79 Å². The van der Waals surface area contributed by atoms with E-state index >= 15 is 0 Å². The molecule has 138 valence electrons. The largest absolute Gasteiger partial charge is 0.406 e. The van der Waals surface area contributed by atoms with Gasteiger partial charge >= 0.3 is 6.18 Å². The first-order valence-corrected chi connectivity index (χ1v) is 8.40. The van der Waals surface area contributed by atoms with Gasteiger partial charge in [0.25, 0.3) is 5.91 Å². The van der Waals surface area contributed by atoms with Crippen molar-refractivity contribution >= 4 is 11.6 Å². The second-order valence-electron chi connectivity index (χ2n) is 7.51. The van der Waals surface area contributed by atoms with E-state index in [4.69, 9.17) is 0 Å². The summed E-state index contributed by atoms with van der Waals surface area (Å²) >= 11 is 0. The minimum Gasteiger partial charge on any atom is -0.361 e. The second-order valence-corrected chi connectivity index (χ2v) is 7.51. The van der Waals surface area contributed by atoms with Crippen LogP contribution < -0.4 is 5.32 Å². The third-order valence-corrected chi connectivity index (χ3v) is 4.46. The highest BCUT2D eigenvalue weighted by Gasteiger charge is 2.40. The predicted octanol–water partition coefficient (Wildman–Crippen LogP) is 5.11. The van der Waals surface area contributed by atoms with Crippen LogP contribution in [0.2, 0.25) is 0 Å². The molecule has 0 unspecified atom stereocenters. The summed E-state index contributed by atoms with van der Waals surface area (Å²) in [5.74, 6) is -0.624. The average molecular weight is 362 g/mol. The molecule has 1 aliphatic heterocycles. The lowest BCUT2D eigenvalue weighted by molar-refractivity contribution is -0.144. The molecule has 2 aromatic carbocycles. The standard InChI is InChI=1S/C20H21F3N2O/c1-19(2,3)14-10-8-13(9-11-14)17-24-16-7-5-4-6-15(16)18(26)25(17)12-20(21,22)23/h4-11,17,24H,12H2,1-3H3/t17-/m1/s1. The van der Waals surface area contributed by atoms with E-state index in [1.54, 1.807) is 30.3 Å². The zero-order chi connectivity index (χ0) is 19.1. The number of nitrogens with one attached hydrogen (secondary N) is 1. The van der Waals surface area contributed by atoms with Gasteiger partial charge in [-0.2, -0.15) is 13.2 Å². The van der Waals surface area contributed by atoms with Crippen molar-refractivity contribution < 1.29 is 18.0 Å². The van der Waals surface area contributed by atoms with Gasteiger partial charge in [0.1, 0.15) is 12.7 Å². The summed E-state index contributed by atoms with van der Waals surface area (Å²) < 4.78 is 39.2. The molecule has 1 atom stereocenters. The van der Waals surface area contributed by atoms with Crippen LogP contribution in [0.4, 0.5) is 18.9 Å². The molecule has 26 heavy (non-hydrogen) atoms. The number of hydrogen-bond acceptors (Lipinski definition) is 2. The summed E-state index contributed by atoms with van der Waals surface area (Å²) in [7, 11) is 0. The van der Waals surface area contributed by atoms with Gasteiger partial charge in [0, 0.05) is 5.69 Å². The maximum absolute atomic E-state index is 13.1. The van der Waals surface area contributed by atoms with Gasteiger partial charge in [-0.25, -0.2) is 0 Å². The lowest BCUT2D eigenvalue weighted by Gasteiger charge is -2.38. The maximum Gasteiger partial charge on any atom is 0.406 e. The first kappa shape index (κ1) is 18.3. The number of fused-ring (bicyclic) bond motifs is 1. The molecule has 0 radical (unpaired) electrons. The summed E-state index contributed by atoms with van der Waals surface area (Å²) in [5.41, 5.74) is 2.42. The van der Waals surface area contributed by atoms with Crippen LogP contribution in [-0.2, 0) is 5.41 Å². The fourth-order valence-corrected chi connectivity index (χ4v) is 3.08. The summed E-state index contributed by atoms with van der Waals surface area (Å²) in [5, 5.41) is 3.08. The number of halogens is 3. The molecule has 0 spiro atoms. The fraction of sp³-hybridized carbons (Fsp3) is 0.350. The molecule has 0 saturated heterocycles. The lowest BCUT2D eigenvalue weighted by atomic mass is 9.86. The number of nitrogens with zero attached hydrogens (tertiary/aromatic N) is 1. The van der Waals surface area contributed by atoms with Gasteiger partial charge in [0.2, 0.25) is 0 Å². The van der Waals surface area contributed by atoms with Crippen LogP contribution in [0.15, 0.2) is 48.5 Å². The van der Waals surface area contributed by atoms with Crippen molar-refractivity contribution in [1.82, 2.24) is 4.90 Å². The van der Waals surface area contributed by atoms with Gasteiger partial charge in [-0.15, -0.1) is 0 Å². The molecule has 1 heterocycles. The maximum atomic E-state index is 13.1. The van der Waals surface area contributed by atoms with Crippen LogP contribution in [-0.4, -0.2) is 23.5 Å².